The van der Waals surface area contributed by atoms with E-state index in [2.05, 4.69) is 15.5 Å². The van der Waals surface area contributed by atoms with Crippen molar-refractivity contribution in [1.82, 2.24) is 14.5 Å². The topological polar surface area (TPSA) is 75.2 Å². The molecule has 1 aromatic rings. The fourth-order valence-electron chi connectivity index (χ4n) is 0.571. The van der Waals surface area contributed by atoms with Crippen molar-refractivity contribution in [1.29, 1.82) is 0 Å². The Bertz CT molecular complexity index is 383. The first kappa shape index (κ1) is 10.4. The number of nitrogens with one attached hydrogen (secondary N) is 1. The summed E-state index contributed by atoms with van der Waals surface area (Å²) in [4.78, 5) is 0. The van der Waals surface area contributed by atoms with Crippen molar-refractivity contribution in [3.05, 3.63) is 0 Å². The van der Waals surface area contributed by atoms with E-state index in [0.29, 0.717) is 5.13 Å². The van der Waals surface area contributed by atoms with Crippen molar-refractivity contribution in [2.45, 2.75) is 4.34 Å². The van der Waals surface area contributed by atoms with Gasteiger partial charge in [0.2, 0.25) is 9.47 Å². The van der Waals surface area contributed by atoms with Gasteiger partial charge in [0.05, 0.1) is 0 Å². The van der Waals surface area contributed by atoms with Crippen LogP contribution in [0.4, 0.5) is 5.13 Å². The number of sulfonamides is 1. The molecule has 8 heteroatoms. The SMILES string of the molecule is CNc1nnc(S(=O)(=O)N(C)C)s1. The van der Waals surface area contributed by atoms with Crippen LogP contribution >= 0.6 is 11.3 Å². The van der Waals surface area contributed by atoms with E-state index >= 15 is 0 Å². The maximum Gasteiger partial charge on any atom is 0.271 e. The quantitative estimate of drug-likeness (QED) is 0.768. The maximum atomic E-state index is 11.5. The highest BCUT2D eigenvalue weighted by Crippen LogP contribution is 2.20. The standard InChI is InChI=1S/C5H10N4O2S2/c1-6-4-7-8-5(12-4)13(10,11)9(2)3/h1-3H3,(H,6,7). The van der Waals surface area contributed by atoms with Gasteiger partial charge in [-0.05, 0) is 0 Å². The van der Waals surface area contributed by atoms with Gasteiger partial charge in [-0.2, -0.15) is 0 Å². The molecule has 1 rings (SSSR count). The molecule has 6 nitrogen and oxygen atoms in total. The summed E-state index contributed by atoms with van der Waals surface area (Å²) in [5.74, 6) is 0. The second-order valence-corrected chi connectivity index (χ2v) is 5.71. The highest BCUT2D eigenvalue weighted by atomic mass is 32.2. The average Bonchev–Trinajstić information content (AvgIpc) is 2.51. The molecule has 0 amide bonds. The van der Waals surface area contributed by atoms with Crippen LogP contribution in [0.3, 0.4) is 0 Å². The lowest BCUT2D eigenvalue weighted by atomic mass is 11.1. The van der Waals surface area contributed by atoms with E-state index in [1.807, 2.05) is 0 Å². The summed E-state index contributed by atoms with van der Waals surface area (Å²) in [7, 11) is 1.14. The zero-order valence-corrected chi connectivity index (χ0v) is 9.11. The molecule has 0 atom stereocenters. The Kier molecular flexibility index (Phi) is 2.84. The van der Waals surface area contributed by atoms with E-state index < -0.39 is 10.0 Å². The first-order chi connectivity index (χ1) is 5.98. The van der Waals surface area contributed by atoms with Crippen LogP contribution < -0.4 is 5.32 Å². The molecule has 74 valence electrons. The Morgan fingerprint density at radius 2 is 2.00 bits per heavy atom. The third kappa shape index (κ3) is 1.95. The Labute approximate surface area is 80.6 Å². The molecule has 1 aromatic heterocycles. The number of rotatable bonds is 3. The summed E-state index contributed by atoms with van der Waals surface area (Å²) in [5, 5.41) is 10.4. The molecule has 0 bridgehead atoms. The molecule has 0 saturated carbocycles. The van der Waals surface area contributed by atoms with Gasteiger partial charge in [-0.15, -0.1) is 10.2 Å². The van der Waals surface area contributed by atoms with Gasteiger partial charge in [0.1, 0.15) is 0 Å². The van der Waals surface area contributed by atoms with Gasteiger partial charge in [-0.3, -0.25) is 0 Å². The molecule has 1 heterocycles. The summed E-state index contributed by atoms with van der Waals surface area (Å²) in [6.07, 6.45) is 0. The summed E-state index contributed by atoms with van der Waals surface area (Å²) in [6.45, 7) is 0. The van der Waals surface area contributed by atoms with Gasteiger partial charge in [-0.1, -0.05) is 11.3 Å². The Morgan fingerprint density at radius 1 is 1.38 bits per heavy atom. The number of anilines is 1. The predicted molar refractivity (Wildman–Crippen MR) is 50.3 cm³/mol. The van der Waals surface area contributed by atoms with Crippen LogP contribution in [0.15, 0.2) is 4.34 Å². The average molecular weight is 222 g/mol. The van der Waals surface area contributed by atoms with E-state index in [-0.39, 0.29) is 4.34 Å². The fourth-order valence-corrected chi connectivity index (χ4v) is 2.56. The first-order valence-corrected chi connectivity index (χ1v) is 5.68. The number of hydrogen-bond donors (Lipinski definition) is 1. The van der Waals surface area contributed by atoms with Gasteiger partial charge in [0.15, 0.2) is 0 Å². The predicted octanol–water partition coefficient (Wildman–Crippen LogP) is -0.170. The number of nitrogens with zero attached hydrogens (tertiary/aromatic N) is 3. The molecule has 0 saturated heterocycles. The van der Waals surface area contributed by atoms with Crippen LogP contribution in [0, 0.1) is 0 Å². The summed E-state index contributed by atoms with van der Waals surface area (Å²) in [6, 6.07) is 0. The number of hydrogen-bond acceptors (Lipinski definition) is 6. The molecule has 0 aliphatic carbocycles. The van der Waals surface area contributed by atoms with Crippen LogP contribution in [-0.2, 0) is 10.0 Å². The third-order valence-electron chi connectivity index (χ3n) is 1.32. The van der Waals surface area contributed by atoms with E-state index in [4.69, 9.17) is 0 Å². The lowest BCUT2D eigenvalue weighted by Crippen LogP contribution is -2.21. The molecule has 0 radical (unpaired) electrons. The van der Waals surface area contributed by atoms with Crippen LogP contribution in [0.5, 0.6) is 0 Å². The van der Waals surface area contributed by atoms with Crippen LogP contribution in [0.2, 0.25) is 0 Å². The molecular weight excluding hydrogens is 212 g/mol. The summed E-state index contributed by atoms with van der Waals surface area (Å²) in [5.41, 5.74) is 0. The Hall–Kier alpha value is -0.730. The van der Waals surface area contributed by atoms with Crippen molar-refractivity contribution in [2.75, 3.05) is 26.5 Å². The molecule has 0 aliphatic rings. The van der Waals surface area contributed by atoms with Crippen LogP contribution in [0.1, 0.15) is 0 Å². The molecule has 0 fully saturated rings. The molecule has 13 heavy (non-hydrogen) atoms. The second-order valence-electron chi connectivity index (χ2n) is 2.41. The zero-order chi connectivity index (χ0) is 10.1. The van der Waals surface area contributed by atoms with Crippen molar-refractivity contribution in [3.63, 3.8) is 0 Å². The Morgan fingerprint density at radius 3 is 2.38 bits per heavy atom. The van der Waals surface area contributed by atoms with Gasteiger partial charge in [-0.25, -0.2) is 12.7 Å². The Balaban J connectivity index is 3.09. The fraction of sp³-hybridized carbons (Fsp3) is 0.600. The van der Waals surface area contributed by atoms with E-state index in [0.717, 1.165) is 15.6 Å². The maximum absolute atomic E-state index is 11.5. The molecule has 0 aromatic carbocycles. The lowest BCUT2D eigenvalue weighted by molar-refractivity contribution is 0.519. The summed E-state index contributed by atoms with van der Waals surface area (Å²) < 4.78 is 24.0. The third-order valence-corrected chi connectivity index (χ3v) is 4.42. The van der Waals surface area contributed by atoms with Gasteiger partial charge in [0.25, 0.3) is 10.0 Å². The van der Waals surface area contributed by atoms with Crippen LogP contribution in [0.25, 0.3) is 0 Å². The highest BCUT2D eigenvalue weighted by molar-refractivity contribution is 7.91. The minimum atomic E-state index is -3.43. The second kappa shape index (κ2) is 3.56. The van der Waals surface area contributed by atoms with Gasteiger partial charge >= 0.3 is 0 Å². The van der Waals surface area contributed by atoms with E-state index in [1.165, 1.54) is 14.1 Å². The lowest BCUT2D eigenvalue weighted by Gasteiger charge is -2.06. The normalized spacial score (nSPS) is 12.0. The molecule has 0 unspecified atom stereocenters. The summed E-state index contributed by atoms with van der Waals surface area (Å²) >= 11 is 1.01. The van der Waals surface area contributed by atoms with E-state index in [1.54, 1.807) is 7.05 Å². The monoisotopic (exact) mass is 222 g/mol. The van der Waals surface area contributed by atoms with Crippen LogP contribution in [-0.4, -0.2) is 44.1 Å². The van der Waals surface area contributed by atoms with Crippen molar-refractivity contribution in [3.8, 4) is 0 Å². The van der Waals surface area contributed by atoms with Crippen molar-refractivity contribution < 1.29 is 8.42 Å². The molecule has 1 N–H and O–H groups in total. The van der Waals surface area contributed by atoms with Crippen molar-refractivity contribution in [2.24, 2.45) is 0 Å². The minimum Gasteiger partial charge on any atom is -0.363 e. The molecule has 0 aliphatic heterocycles. The van der Waals surface area contributed by atoms with Gasteiger partial charge in [0, 0.05) is 21.1 Å². The molecule has 0 spiro atoms. The van der Waals surface area contributed by atoms with E-state index in [9.17, 15) is 8.42 Å². The first-order valence-electron chi connectivity index (χ1n) is 3.42. The van der Waals surface area contributed by atoms with Gasteiger partial charge < -0.3 is 5.32 Å². The van der Waals surface area contributed by atoms with Crippen molar-refractivity contribution >= 4 is 26.5 Å². The smallest absolute Gasteiger partial charge is 0.271 e. The number of aromatic nitrogens is 2. The molecular formula is C5H10N4O2S2. The minimum absolute atomic E-state index is 0.00171. The highest BCUT2D eigenvalue weighted by Gasteiger charge is 2.22. The zero-order valence-electron chi connectivity index (χ0n) is 7.47. The largest absolute Gasteiger partial charge is 0.363 e.